The Morgan fingerprint density at radius 1 is 1.10 bits per heavy atom. The number of fused-ring (bicyclic) bond motifs is 1. The maximum absolute atomic E-state index is 13.1. The van der Waals surface area contributed by atoms with Crippen LogP contribution in [0.1, 0.15) is 24.4 Å². The third-order valence-electron chi connectivity index (χ3n) is 5.25. The second kappa shape index (κ2) is 9.53. The molecular weight excluding hydrogens is 482 g/mol. The highest BCUT2D eigenvalue weighted by molar-refractivity contribution is 6.42. The summed E-state index contributed by atoms with van der Waals surface area (Å²) in [7, 11) is 0. The summed E-state index contributed by atoms with van der Waals surface area (Å²) in [5, 5.41) is 3.71. The van der Waals surface area contributed by atoms with Gasteiger partial charge in [0.05, 0.1) is 34.3 Å². The molecule has 1 fully saturated rings. The molecule has 3 aromatic rings. The summed E-state index contributed by atoms with van der Waals surface area (Å²) in [4.78, 5) is 17.8. The third-order valence-corrected chi connectivity index (χ3v) is 6.68. The van der Waals surface area contributed by atoms with Crippen LogP contribution in [0, 0.1) is 0 Å². The van der Waals surface area contributed by atoms with Crippen LogP contribution in [0.5, 0.6) is 0 Å². The normalized spacial score (nSPS) is 15.9. The number of imidazole rings is 1. The molecule has 0 aliphatic carbocycles. The summed E-state index contributed by atoms with van der Waals surface area (Å²) in [5.41, 5.74) is 5.05. The van der Waals surface area contributed by atoms with Gasteiger partial charge in [-0.3, -0.25) is 10.2 Å². The summed E-state index contributed by atoms with van der Waals surface area (Å²) in [6, 6.07) is 8.19. The van der Waals surface area contributed by atoms with Crippen LogP contribution in [-0.2, 0) is 16.0 Å². The van der Waals surface area contributed by atoms with Gasteiger partial charge in [-0.1, -0.05) is 52.5 Å². The van der Waals surface area contributed by atoms with Gasteiger partial charge in [0, 0.05) is 29.6 Å². The van der Waals surface area contributed by atoms with Crippen molar-refractivity contribution < 1.29 is 9.53 Å². The van der Waals surface area contributed by atoms with Crippen molar-refractivity contribution in [2.24, 2.45) is 0 Å². The minimum Gasteiger partial charge on any atom is -0.379 e. The summed E-state index contributed by atoms with van der Waals surface area (Å²) in [5.74, 6) is 0.465. The van der Waals surface area contributed by atoms with E-state index < -0.39 is 6.04 Å². The fourth-order valence-electron chi connectivity index (χ4n) is 3.60. The number of hydrogen-bond donors (Lipinski definition) is 1. The molecule has 4 rings (SSSR count). The molecule has 1 aliphatic heterocycles. The molecule has 2 aromatic carbocycles. The Kier molecular flexibility index (Phi) is 6.96. The van der Waals surface area contributed by atoms with E-state index in [9.17, 15) is 4.79 Å². The van der Waals surface area contributed by atoms with E-state index in [0.717, 1.165) is 5.56 Å². The monoisotopic (exact) mass is 500 g/mol. The number of carbonyl (C=O) groups is 1. The van der Waals surface area contributed by atoms with Crippen LogP contribution in [0.25, 0.3) is 11.0 Å². The smallest absolute Gasteiger partial charge is 0.257 e. The van der Waals surface area contributed by atoms with Gasteiger partial charge in [0.15, 0.2) is 0 Å². The molecule has 1 aliphatic rings. The number of nitrogens with zero attached hydrogens (tertiary/aromatic N) is 3. The van der Waals surface area contributed by atoms with Crippen LogP contribution in [0.3, 0.4) is 0 Å². The maximum atomic E-state index is 13.1. The first-order chi connectivity index (χ1) is 14.8. The van der Waals surface area contributed by atoms with Gasteiger partial charge in [-0.25, -0.2) is 9.99 Å². The second-order valence-electron chi connectivity index (χ2n) is 7.28. The van der Waals surface area contributed by atoms with E-state index in [-0.39, 0.29) is 5.91 Å². The van der Waals surface area contributed by atoms with Crippen molar-refractivity contribution >= 4 is 63.3 Å². The van der Waals surface area contributed by atoms with Crippen molar-refractivity contribution in [3.63, 3.8) is 0 Å². The molecule has 2 heterocycles. The highest BCUT2D eigenvalue weighted by Crippen LogP contribution is 2.33. The van der Waals surface area contributed by atoms with E-state index in [0.29, 0.717) is 69.7 Å². The standard InChI is InChI=1S/C21H20Cl4N4O2/c1-12(21(30)27-28-5-7-31-8-6-28)29-19-11-17(25)16(24)10-18(19)26-20(29)9-13-14(22)3-2-4-15(13)23/h2-4,10-12H,5-9H2,1H3,(H,27,30)/t12-/m1/s1. The SMILES string of the molecule is C[C@H](C(=O)NN1CCOCC1)n1c(Cc2c(Cl)cccc2Cl)nc2cc(Cl)c(Cl)cc21. The molecule has 164 valence electrons. The lowest BCUT2D eigenvalue weighted by Crippen LogP contribution is -2.50. The first kappa shape index (κ1) is 22.6. The number of morpholine rings is 1. The number of nitrogens with one attached hydrogen (secondary N) is 1. The van der Waals surface area contributed by atoms with Crippen molar-refractivity contribution in [3.8, 4) is 0 Å². The van der Waals surface area contributed by atoms with Gasteiger partial charge in [0.1, 0.15) is 11.9 Å². The highest BCUT2D eigenvalue weighted by Gasteiger charge is 2.25. The number of hydrazine groups is 1. The lowest BCUT2D eigenvalue weighted by atomic mass is 10.1. The molecule has 10 heteroatoms. The molecule has 1 aromatic heterocycles. The van der Waals surface area contributed by atoms with E-state index in [1.807, 2.05) is 16.5 Å². The molecule has 31 heavy (non-hydrogen) atoms. The Balaban J connectivity index is 1.75. The van der Waals surface area contributed by atoms with Gasteiger partial charge in [-0.15, -0.1) is 0 Å². The zero-order valence-corrected chi connectivity index (χ0v) is 19.7. The minimum absolute atomic E-state index is 0.168. The topological polar surface area (TPSA) is 59.4 Å². The van der Waals surface area contributed by atoms with E-state index in [1.54, 1.807) is 30.3 Å². The van der Waals surface area contributed by atoms with Crippen LogP contribution in [0.15, 0.2) is 30.3 Å². The Morgan fingerprint density at radius 3 is 2.42 bits per heavy atom. The summed E-state index contributed by atoms with van der Waals surface area (Å²) in [6.07, 6.45) is 0.345. The van der Waals surface area contributed by atoms with Crippen LogP contribution in [0.2, 0.25) is 20.1 Å². The number of amides is 1. The minimum atomic E-state index is -0.568. The van der Waals surface area contributed by atoms with Gasteiger partial charge in [-0.05, 0) is 36.8 Å². The maximum Gasteiger partial charge on any atom is 0.257 e. The fraction of sp³-hybridized carbons (Fsp3) is 0.333. The van der Waals surface area contributed by atoms with Gasteiger partial charge in [0.25, 0.3) is 5.91 Å². The lowest BCUT2D eigenvalue weighted by Gasteiger charge is -2.29. The fourth-order valence-corrected chi connectivity index (χ4v) is 4.45. The first-order valence-corrected chi connectivity index (χ1v) is 11.3. The van der Waals surface area contributed by atoms with E-state index in [2.05, 4.69) is 5.43 Å². The quantitative estimate of drug-likeness (QED) is 0.524. The van der Waals surface area contributed by atoms with Gasteiger partial charge in [-0.2, -0.15) is 0 Å². The molecule has 1 atom stereocenters. The molecular formula is C21H20Cl4N4O2. The molecule has 0 unspecified atom stereocenters. The van der Waals surface area contributed by atoms with Crippen molar-refractivity contribution in [2.45, 2.75) is 19.4 Å². The number of hydrogen-bond acceptors (Lipinski definition) is 4. The average Bonchev–Trinajstić information content (AvgIpc) is 3.08. The zero-order chi connectivity index (χ0) is 22.1. The van der Waals surface area contributed by atoms with Gasteiger partial charge in [0.2, 0.25) is 0 Å². The Hall–Kier alpha value is -1.54. The van der Waals surface area contributed by atoms with Crippen molar-refractivity contribution in [1.82, 2.24) is 20.0 Å². The Bertz CT molecular complexity index is 1110. The summed E-state index contributed by atoms with van der Waals surface area (Å²) < 4.78 is 7.20. The van der Waals surface area contributed by atoms with E-state index >= 15 is 0 Å². The van der Waals surface area contributed by atoms with Crippen molar-refractivity contribution in [1.29, 1.82) is 0 Å². The van der Waals surface area contributed by atoms with Crippen LogP contribution in [0.4, 0.5) is 0 Å². The van der Waals surface area contributed by atoms with Crippen LogP contribution < -0.4 is 5.43 Å². The Labute approximate surface area is 199 Å². The first-order valence-electron chi connectivity index (χ1n) is 9.77. The van der Waals surface area contributed by atoms with E-state index in [1.165, 1.54) is 0 Å². The third kappa shape index (κ3) is 4.80. The zero-order valence-electron chi connectivity index (χ0n) is 16.7. The van der Waals surface area contributed by atoms with Crippen molar-refractivity contribution in [3.05, 3.63) is 61.8 Å². The molecule has 6 nitrogen and oxygen atoms in total. The van der Waals surface area contributed by atoms with Gasteiger partial charge >= 0.3 is 0 Å². The van der Waals surface area contributed by atoms with Gasteiger partial charge < -0.3 is 9.30 Å². The predicted molar refractivity (Wildman–Crippen MR) is 124 cm³/mol. The molecule has 0 radical (unpaired) electrons. The Morgan fingerprint density at radius 2 is 1.74 bits per heavy atom. The second-order valence-corrected chi connectivity index (χ2v) is 8.91. The number of benzene rings is 2. The predicted octanol–water partition coefficient (Wildman–Crippen LogP) is 5.17. The van der Waals surface area contributed by atoms with E-state index in [4.69, 9.17) is 56.1 Å². The highest BCUT2D eigenvalue weighted by atomic mass is 35.5. The van der Waals surface area contributed by atoms with Crippen LogP contribution >= 0.6 is 46.4 Å². The number of aromatic nitrogens is 2. The van der Waals surface area contributed by atoms with Crippen LogP contribution in [-0.4, -0.2) is 46.8 Å². The summed E-state index contributed by atoms with van der Waals surface area (Å²) >= 11 is 25.3. The van der Waals surface area contributed by atoms with Crippen molar-refractivity contribution in [2.75, 3.05) is 26.3 Å². The molecule has 1 amide bonds. The number of halogens is 4. The molecule has 1 N–H and O–H groups in total. The lowest BCUT2D eigenvalue weighted by molar-refractivity contribution is -0.130. The molecule has 0 saturated carbocycles. The number of carbonyl (C=O) groups excluding carboxylic acids is 1. The number of ether oxygens (including phenoxy) is 1. The average molecular weight is 502 g/mol. The molecule has 0 bridgehead atoms. The summed E-state index contributed by atoms with van der Waals surface area (Å²) in [6.45, 7) is 4.23. The number of rotatable bonds is 5. The molecule has 0 spiro atoms. The molecule has 1 saturated heterocycles. The largest absolute Gasteiger partial charge is 0.379 e.